The van der Waals surface area contributed by atoms with Crippen LogP contribution in [0.15, 0.2) is 77.9 Å². The minimum Gasteiger partial charge on any atom is -0.491 e. The van der Waals surface area contributed by atoms with Crippen LogP contribution < -0.4 is 15.9 Å². The number of urea groups is 1. The highest BCUT2D eigenvalue weighted by Crippen LogP contribution is 2.28. The average molecular weight is 402 g/mol. The monoisotopic (exact) mass is 402 g/mol. The number of carbonyl (C=O) groups excluding carboxylic acids is 1. The topological polar surface area (TPSA) is 102 Å². The molecule has 0 fully saturated rings. The van der Waals surface area contributed by atoms with Gasteiger partial charge in [0.1, 0.15) is 18.5 Å². The van der Waals surface area contributed by atoms with E-state index in [1.807, 2.05) is 24.3 Å². The summed E-state index contributed by atoms with van der Waals surface area (Å²) < 4.78 is 7.87. The minimum absolute atomic E-state index is 0.164. The second kappa shape index (κ2) is 8.67. The summed E-state index contributed by atoms with van der Waals surface area (Å²) in [5.41, 5.74) is 10.0. The SMILES string of the molecule is NC(=O)NN=Cc1ccc(OCC(O)Cn2c3ccccc3c3ccccc32)cc1. The van der Waals surface area contributed by atoms with Crippen LogP contribution in [-0.2, 0) is 6.54 Å². The number of primary amides is 1. The first-order valence-corrected chi connectivity index (χ1v) is 9.57. The summed E-state index contributed by atoms with van der Waals surface area (Å²) in [6.07, 6.45) is 0.802. The van der Waals surface area contributed by atoms with Gasteiger partial charge in [0.15, 0.2) is 0 Å². The summed E-state index contributed by atoms with van der Waals surface area (Å²) in [6.45, 7) is 0.592. The van der Waals surface area contributed by atoms with Crippen LogP contribution in [0, 0.1) is 0 Å². The number of hydrazone groups is 1. The maximum atomic E-state index is 10.6. The predicted molar refractivity (Wildman–Crippen MR) is 118 cm³/mol. The largest absolute Gasteiger partial charge is 0.491 e. The van der Waals surface area contributed by atoms with Crippen LogP contribution in [-0.4, -0.2) is 34.6 Å². The van der Waals surface area contributed by atoms with Crippen LogP contribution in [0.2, 0.25) is 0 Å². The minimum atomic E-state index is -0.719. The first kappa shape index (κ1) is 19.5. The van der Waals surface area contributed by atoms with E-state index < -0.39 is 12.1 Å². The maximum Gasteiger partial charge on any atom is 0.332 e. The van der Waals surface area contributed by atoms with Crippen molar-refractivity contribution in [2.24, 2.45) is 10.8 Å². The number of para-hydroxylation sites is 2. The molecule has 0 spiro atoms. The van der Waals surface area contributed by atoms with Crippen LogP contribution in [0.3, 0.4) is 0 Å². The highest BCUT2D eigenvalue weighted by atomic mass is 16.5. The summed E-state index contributed by atoms with van der Waals surface area (Å²) in [5, 5.41) is 16.6. The fraction of sp³-hybridized carbons (Fsp3) is 0.130. The lowest BCUT2D eigenvalue weighted by molar-refractivity contribution is 0.0945. The van der Waals surface area contributed by atoms with Crippen molar-refractivity contribution in [3.63, 3.8) is 0 Å². The first-order chi connectivity index (χ1) is 14.6. The Morgan fingerprint density at radius 3 is 2.23 bits per heavy atom. The van der Waals surface area contributed by atoms with Gasteiger partial charge in [-0.3, -0.25) is 0 Å². The molecule has 7 heteroatoms. The molecule has 0 aliphatic rings. The van der Waals surface area contributed by atoms with Crippen molar-refractivity contribution in [1.82, 2.24) is 9.99 Å². The zero-order chi connectivity index (χ0) is 20.9. The zero-order valence-corrected chi connectivity index (χ0v) is 16.2. The lowest BCUT2D eigenvalue weighted by Gasteiger charge is -2.15. The van der Waals surface area contributed by atoms with Gasteiger partial charge in [-0.05, 0) is 42.0 Å². The second-order valence-corrected chi connectivity index (χ2v) is 6.91. The smallest absolute Gasteiger partial charge is 0.332 e. The first-order valence-electron chi connectivity index (χ1n) is 9.57. The number of ether oxygens (including phenoxy) is 1. The van der Waals surface area contributed by atoms with Gasteiger partial charge in [-0.25, -0.2) is 10.2 Å². The Labute approximate surface area is 173 Å². The fourth-order valence-electron chi connectivity index (χ4n) is 3.48. The summed E-state index contributed by atoms with van der Waals surface area (Å²) >= 11 is 0. The van der Waals surface area contributed by atoms with Gasteiger partial charge in [-0.2, -0.15) is 5.10 Å². The molecule has 0 saturated carbocycles. The Kier molecular flexibility index (Phi) is 5.63. The summed E-state index contributed by atoms with van der Waals surface area (Å²) in [4.78, 5) is 10.6. The van der Waals surface area contributed by atoms with E-state index in [0.29, 0.717) is 12.3 Å². The third-order valence-electron chi connectivity index (χ3n) is 4.78. The van der Waals surface area contributed by atoms with Gasteiger partial charge in [0.2, 0.25) is 0 Å². The molecule has 30 heavy (non-hydrogen) atoms. The van der Waals surface area contributed by atoms with E-state index >= 15 is 0 Å². The maximum absolute atomic E-state index is 10.6. The molecule has 1 atom stereocenters. The van der Waals surface area contributed by atoms with Gasteiger partial charge in [-0.1, -0.05) is 36.4 Å². The zero-order valence-electron chi connectivity index (χ0n) is 16.2. The van der Waals surface area contributed by atoms with Crippen molar-refractivity contribution >= 4 is 34.1 Å². The molecule has 4 N–H and O–H groups in total. The number of amides is 2. The molecule has 152 valence electrons. The number of aliphatic hydroxyl groups is 1. The number of hydrogen-bond acceptors (Lipinski definition) is 4. The van der Waals surface area contributed by atoms with Crippen molar-refractivity contribution < 1.29 is 14.6 Å². The molecule has 0 bridgehead atoms. The van der Waals surface area contributed by atoms with Crippen LogP contribution in [0.1, 0.15) is 5.56 Å². The van der Waals surface area contributed by atoms with Gasteiger partial charge < -0.3 is 20.1 Å². The number of nitrogens with zero attached hydrogens (tertiary/aromatic N) is 2. The molecule has 4 rings (SSSR count). The molecule has 1 aromatic heterocycles. The number of benzene rings is 3. The third-order valence-corrected chi connectivity index (χ3v) is 4.78. The molecular formula is C23H22N4O3. The average Bonchev–Trinajstić information content (AvgIpc) is 3.07. The van der Waals surface area contributed by atoms with Crippen molar-refractivity contribution in [3.8, 4) is 5.75 Å². The Morgan fingerprint density at radius 1 is 1.03 bits per heavy atom. The van der Waals surface area contributed by atoms with E-state index in [1.54, 1.807) is 24.3 Å². The van der Waals surface area contributed by atoms with Crippen LogP contribution >= 0.6 is 0 Å². The molecule has 0 saturated heterocycles. The van der Waals surface area contributed by atoms with Gasteiger partial charge in [0, 0.05) is 21.8 Å². The van der Waals surface area contributed by atoms with Crippen LogP contribution in [0.5, 0.6) is 5.75 Å². The standard InChI is InChI=1S/C23H22N4O3/c24-23(29)26-25-13-16-9-11-18(12-10-16)30-15-17(28)14-27-21-7-3-1-5-19(21)20-6-2-4-8-22(20)27/h1-13,17,28H,14-15H2,(H3,24,26,29). The fourth-order valence-corrected chi connectivity index (χ4v) is 3.48. The molecule has 1 heterocycles. The highest BCUT2D eigenvalue weighted by Gasteiger charge is 2.13. The number of hydrogen-bond donors (Lipinski definition) is 3. The molecule has 2 amide bonds. The Balaban J connectivity index is 1.42. The summed E-state index contributed by atoms with van der Waals surface area (Å²) in [6, 6.07) is 22.8. The number of nitrogens with one attached hydrogen (secondary N) is 1. The predicted octanol–water partition coefficient (Wildman–Crippen LogP) is 3.24. The Morgan fingerprint density at radius 2 is 1.63 bits per heavy atom. The van der Waals surface area contributed by atoms with E-state index in [2.05, 4.69) is 39.4 Å². The highest BCUT2D eigenvalue weighted by molar-refractivity contribution is 6.07. The lowest BCUT2D eigenvalue weighted by atomic mass is 10.2. The molecule has 3 aromatic carbocycles. The van der Waals surface area contributed by atoms with Gasteiger partial charge in [0.25, 0.3) is 0 Å². The molecule has 1 unspecified atom stereocenters. The third kappa shape index (κ3) is 4.26. The number of rotatable bonds is 7. The number of carbonyl (C=O) groups is 1. The van der Waals surface area contributed by atoms with E-state index in [1.165, 1.54) is 17.0 Å². The Hall–Kier alpha value is -3.84. The Bertz CT molecular complexity index is 1150. The van der Waals surface area contributed by atoms with Gasteiger partial charge in [-0.15, -0.1) is 0 Å². The van der Waals surface area contributed by atoms with Gasteiger partial charge in [0.05, 0.1) is 12.8 Å². The molecular weight excluding hydrogens is 380 g/mol. The molecule has 0 aliphatic carbocycles. The van der Waals surface area contributed by atoms with Crippen LogP contribution in [0.25, 0.3) is 21.8 Å². The summed E-state index contributed by atoms with van der Waals surface area (Å²) in [5.74, 6) is 0.635. The van der Waals surface area contributed by atoms with Crippen LogP contribution in [0.4, 0.5) is 4.79 Å². The molecule has 7 nitrogen and oxygen atoms in total. The number of aromatic nitrogens is 1. The molecule has 0 aliphatic heterocycles. The number of nitrogens with two attached hydrogens (primary N) is 1. The number of fused-ring (bicyclic) bond motifs is 3. The lowest BCUT2D eigenvalue weighted by Crippen LogP contribution is -2.24. The van der Waals surface area contributed by atoms with Crippen molar-refractivity contribution in [2.45, 2.75) is 12.6 Å². The van der Waals surface area contributed by atoms with E-state index in [9.17, 15) is 9.90 Å². The quantitative estimate of drug-likeness (QED) is 0.327. The molecule has 0 radical (unpaired) electrons. The van der Waals surface area contributed by atoms with E-state index in [0.717, 1.165) is 16.6 Å². The van der Waals surface area contributed by atoms with Crippen molar-refractivity contribution in [3.05, 3.63) is 78.4 Å². The second-order valence-electron chi connectivity index (χ2n) is 6.91. The van der Waals surface area contributed by atoms with E-state index in [4.69, 9.17) is 10.5 Å². The van der Waals surface area contributed by atoms with Crippen molar-refractivity contribution in [1.29, 1.82) is 0 Å². The van der Waals surface area contributed by atoms with E-state index in [-0.39, 0.29) is 6.61 Å². The van der Waals surface area contributed by atoms with Gasteiger partial charge >= 0.3 is 6.03 Å². The normalized spacial score (nSPS) is 12.4. The number of aliphatic hydroxyl groups excluding tert-OH is 1. The summed E-state index contributed by atoms with van der Waals surface area (Å²) in [7, 11) is 0. The van der Waals surface area contributed by atoms with Crippen molar-refractivity contribution in [2.75, 3.05) is 6.61 Å². The molecule has 4 aromatic rings.